The third-order valence-electron chi connectivity index (χ3n) is 4.61. The summed E-state index contributed by atoms with van der Waals surface area (Å²) in [6.07, 6.45) is 0.419. The molecule has 2 amide bonds. The number of nitrogens with one attached hydrogen (secondary N) is 1. The van der Waals surface area contributed by atoms with Crippen LogP contribution in [-0.2, 0) is 21.9 Å². The van der Waals surface area contributed by atoms with Gasteiger partial charge >= 0.3 is 0 Å². The van der Waals surface area contributed by atoms with Crippen molar-refractivity contribution in [1.82, 2.24) is 10.2 Å². The average Bonchev–Trinajstić information content (AvgIpc) is 2.69. The number of hydrogen-bond donors (Lipinski definition) is 1. The Morgan fingerprint density at radius 2 is 1.69 bits per heavy atom. The van der Waals surface area contributed by atoms with Gasteiger partial charge in [-0.2, -0.15) is 11.8 Å². The van der Waals surface area contributed by atoms with Crippen molar-refractivity contribution in [2.45, 2.75) is 58.5 Å². The van der Waals surface area contributed by atoms with Gasteiger partial charge in [-0.05, 0) is 38.8 Å². The van der Waals surface area contributed by atoms with E-state index in [1.54, 1.807) is 16.7 Å². The molecule has 0 bridgehead atoms. The van der Waals surface area contributed by atoms with Crippen molar-refractivity contribution >= 4 is 23.6 Å². The summed E-state index contributed by atoms with van der Waals surface area (Å²) in [5.74, 6) is 1.52. The summed E-state index contributed by atoms with van der Waals surface area (Å²) in [6.45, 7) is 8.14. The number of rotatable bonds is 10. The van der Waals surface area contributed by atoms with Crippen LogP contribution in [0.2, 0.25) is 0 Å². The van der Waals surface area contributed by atoms with E-state index in [4.69, 9.17) is 0 Å². The Hall–Kier alpha value is -2.27. The molecular formula is C24H32N2O2S. The normalized spacial score (nSPS) is 11.9. The number of amides is 2. The van der Waals surface area contributed by atoms with Gasteiger partial charge in [-0.3, -0.25) is 9.59 Å². The van der Waals surface area contributed by atoms with Crippen LogP contribution in [0.4, 0.5) is 0 Å². The predicted octanol–water partition coefficient (Wildman–Crippen LogP) is 4.56. The van der Waals surface area contributed by atoms with E-state index >= 15 is 0 Å². The van der Waals surface area contributed by atoms with Gasteiger partial charge in [0.2, 0.25) is 11.8 Å². The first-order valence-electron chi connectivity index (χ1n) is 10.1. The molecule has 1 atom stereocenters. The molecule has 0 aromatic heterocycles. The van der Waals surface area contributed by atoms with Crippen molar-refractivity contribution in [2.24, 2.45) is 0 Å². The van der Waals surface area contributed by atoms with Crippen molar-refractivity contribution in [1.29, 1.82) is 0 Å². The largest absolute Gasteiger partial charge is 0.352 e. The van der Waals surface area contributed by atoms with Crippen molar-refractivity contribution in [2.75, 3.05) is 5.75 Å². The van der Waals surface area contributed by atoms with E-state index in [-0.39, 0.29) is 17.9 Å². The smallest absolute Gasteiger partial charge is 0.242 e. The quantitative estimate of drug-likeness (QED) is 0.582. The van der Waals surface area contributed by atoms with Gasteiger partial charge in [-0.25, -0.2) is 0 Å². The van der Waals surface area contributed by atoms with Gasteiger partial charge in [0.25, 0.3) is 0 Å². The van der Waals surface area contributed by atoms with Crippen LogP contribution < -0.4 is 5.32 Å². The van der Waals surface area contributed by atoms with Crippen LogP contribution in [0, 0.1) is 6.92 Å². The second-order valence-electron chi connectivity index (χ2n) is 7.64. The zero-order chi connectivity index (χ0) is 21.2. The van der Waals surface area contributed by atoms with Gasteiger partial charge in [0.15, 0.2) is 0 Å². The predicted molar refractivity (Wildman–Crippen MR) is 122 cm³/mol. The second kappa shape index (κ2) is 11.7. The fourth-order valence-electron chi connectivity index (χ4n) is 3.06. The lowest BCUT2D eigenvalue weighted by Gasteiger charge is -2.29. The maximum Gasteiger partial charge on any atom is 0.242 e. The lowest BCUT2D eigenvalue weighted by Crippen LogP contribution is -2.49. The molecule has 4 nitrogen and oxygen atoms in total. The highest BCUT2D eigenvalue weighted by Gasteiger charge is 2.26. The number of benzene rings is 2. The lowest BCUT2D eigenvalue weighted by atomic mass is 10.1. The summed E-state index contributed by atoms with van der Waals surface area (Å²) < 4.78 is 0. The highest BCUT2D eigenvalue weighted by molar-refractivity contribution is 7.98. The van der Waals surface area contributed by atoms with Crippen LogP contribution >= 0.6 is 11.8 Å². The Bertz CT molecular complexity index is 792. The number of nitrogens with zero attached hydrogens (tertiary/aromatic N) is 1. The molecule has 0 spiro atoms. The van der Waals surface area contributed by atoms with Gasteiger partial charge in [0.05, 0.1) is 0 Å². The molecule has 0 saturated carbocycles. The van der Waals surface area contributed by atoms with Crippen LogP contribution in [0.5, 0.6) is 0 Å². The SMILES string of the molecule is Cc1cccc(CN(C(=O)CCSCc2ccccc2)C(C)C(=O)NC(C)C)c1. The molecular weight excluding hydrogens is 380 g/mol. The van der Waals surface area contributed by atoms with E-state index in [0.29, 0.717) is 13.0 Å². The molecule has 2 aromatic carbocycles. The number of hydrogen-bond acceptors (Lipinski definition) is 3. The summed E-state index contributed by atoms with van der Waals surface area (Å²) >= 11 is 1.74. The summed E-state index contributed by atoms with van der Waals surface area (Å²) in [6, 6.07) is 17.9. The number of aryl methyl sites for hydroxylation is 1. The van der Waals surface area contributed by atoms with Crippen LogP contribution in [-0.4, -0.2) is 34.6 Å². The van der Waals surface area contributed by atoms with Crippen LogP contribution in [0.25, 0.3) is 0 Å². The molecule has 2 aromatic rings. The van der Waals surface area contributed by atoms with Crippen molar-refractivity contribution < 1.29 is 9.59 Å². The summed E-state index contributed by atoms with van der Waals surface area (Å²) in [5, 5.41) is 2.93. The van der Waals surface area contributed by atoms with E-state index in [9.17, 15) is 9.59 Å². The molecule has 0 heterocycles. The maximum atomic E-state index is 13.0. The number of carbonyl (C=O) groups is 2. The molecule has 1 unspecified atom stereocenters. The Labute approximate surface area is 179 Å². The molecule has 0 aliphatic carbocycles. The van der Waals surface area contributed by atoms with E-state index in [1.807, 2.05) is 64.1 Å². The second-order valence-corrected chi connectivity index (χ2v) is 8.74. The Kier molecular flexibility index (Phi) is 9.26. The standard InChI is InChI=1S/C24H32N2O2S/c1-18(2)25-24(28)20(4)26(16-22-12-8-9-19(3)15-22)23(27)13-14-29-17-21-10-6-5-7-11-21/h5-12,15,18,20H,13-14,16-17H2,1-4H3,(H,25,28). The zero-order valence-corrected chi connectivity index (χ0v) is 18.7. The lowest BCUT2D eigenvalue weighted by molar-refractivity contribution is -0.140. The monoisotopic (exact) mass is 412 g/mol. The van der Waals surface area contributed by atoms with Gasteiger partial charge < -0.3 is 10.2 Å². The van der Waals surface area contributed by atoms with Gasteiger partial charge in [-0.1, -0.05) is 60.2 Å². The van der Waals surface area contributed by atoms with E-state index in [2.05, 4.69) is 23.5 Å². The first-order chi connectivity index (χ1) is 13.9. The third kappa shape index (κ3) is 7.94. The molecule has 0 aliphatic rings. The third-order valence-corrected chi connectivity index (χ3v) is 5.64. The van der Waals surface area contributed by atoms with Gasteiger partial charge in [-0.15, -0.1) is 0 Å². The average molecular weight is 413 g/mol. The van der Waals surface area contributed by atoms with E-state index in [0.717, 1.165) is 22.6 Å². The minimum absolute atomic E-state index is 0.0125. The summed E-state index contributed by atoms with van der Waals surface area (Å²) in [5.41, 5.74) is 3.44. The molecule has 29 heavy (non-hydrogen) atoms. The van der Waals surface area contributed by atoms with Crippen LogP contribution in [0.1, 0.15) is 43.9 Å². The molecule has 0 radical (unpaired) electrons. The minimum Gasteiger partial charge on any atom is -0.352 e. The van der Waals surface area contributed by atoms with Crippen molar-refractivity contribution in [3.05, 3.63) is 71.3 Å². The highest BCUT2D eigenvalue weighted by atomic mass is 32.2. The molecule has 2 rings (SSSR count). The summed E-state index contributed by atoms with van der Waals surface area (Å²) in [7, 11) is 0. The Balaban J connectivity index is 2.00. The minimum atomic E-state index is -0.510. The Morgan fingerprint density at radius 1 is 1.00 bits per heavy atom. The molecule has 156 valence electrons. The van der Waals surface area contributed by atoms with Gasteiger partial charge in [0, 0.05) is 30.5 Å². The molecule has 1 N–H and O–H groups in total. The zero-order valence-electron chi connectivity index (χ0n) is 17.9. The van der Waals surface area contributed by atoms with Crippen LogP contribution in [0.15, 0.2) is 54.6 Å². The first kappa shape index (κ1) is 23.0. The molecule has 5 heteroatoms. The van der Waals surface area contributed by atoms with Crippen LogP contribution in [0.3, 0.4) is 0 Å². The molecule has 0 saturated heterocycles. The number of thioether (sulfide) groups is 1. The molecule has 0 fully saturated rings. The summed E-state index contributed by atoms with van der Waals surface area (Å²) in [4.78, 5) is 27.3. The highest BCUT2D eigenvalue weighted by Crippen LogP contribution is 2.16. The van der Waals surface area contributed by atoms with Crippen molar-refractivity contribution in [3.63, 3.8) is 0 Å². The number of carbonyl (C=O) groups excluding carboxylic acids is 2. The van der Waals surface area contributed by atoms with E-state index < -0.39 is 6.04 Å². The maximum absolute atomic E-state index is 13.0. The fourth-order valence-corrected chi connectivity index (χ4v) is 3.95. The Morgan fingerprint density at radius 3 is 2.34 bits per heavy atom. The van der Waals surface area contributed by atoms with Gasteiger partial charge in [0.1, 0.15) is 6.04 Å². The van der Waals surface area contributed by atoms with E-state index in [1.165, 1.54) is 5.56 Å². The van der Waals surface area contributed by atoms with Crippen molar-refractivity contribution in [3.8, 4) is 0 Å². The topological polar surface area (TPSA) is 49.4 Å². The fraction of sp³-hybridized carbons (Fsp3) is 0.417. The first-order valence-corrected chi connectivity index (χ1v) is 11.3. The molecule has 0 aliphatic heterocycles.